The summed E-state index contributed by atoms with van der Waals surface area (Å²) in [7, 11) is 5.09. The molecule has 0 unspecified atom stereocenters. The van der Waals surface area contributed by atoms with Gasteiger partial charge in [-0.2, -0.15) is 0 Å². The summed E-state index contributed by atoms with van der Waals surface area (Å²) in [4.78, 5) is 27.7. The average molecular weight is 374 g/mol. The molecule has 0 bridgehead atoms. The molecular weight excluding hydrogens is 350 g/mol. The van der Waals surface area contributed by atoms with Crippen molar-refractivity contribution in [1.82, 2.24) is 20.0 Å². The quantitative estimate of drug-likeness (QED) is 0.463. The number of nitrogens with one attached hydrogen (secondary N) is 1. The number of hydrogen-bond acceptors (Lipinski definition) is 7. The molecule has 0 aliphatic carbocycles. The summed E-state index contributed by atoms with van der Waals surface area (Å²) >= 11 is 2.90. The van der Waals surface area contributed by atoms with Gasteiger partial charge in [0.1, 0.15) is 0 Å². The first-order valence-corrected chi connectivity index (χ1v) is 9.53. The summed E-state index contributed by atoms with van der Waals surface area (Å²) in [5, 5.41) is 11.4. The van der Waals surface area contributed by atoms with Crippen LogP contribution >= 0.6 is 23.1 Å². The van der Waals surface area contributed by atoms with Crippen LogP contribution in [0.4, 0.5) is 9.93 Å². The number of ether oxygens (including phenoxy) is 1. The predicted octanol–water partition coefficient (Wildman–Crippen LogP) is 1.61. The molecule has 1 N–H and O–H groups in total. The first kappa shape index (κ1) is 18.9. The molecule has 1 saturated heterocycles. The van der Waals surface area contributed by atoms with Crippen LogP contribution in [0.2, 0.25) is 0 Å². The number of hydrogen-bond donors (Lipinski definition) is 1. The number of amides is 3. The Hall–Kier alpha value is -1.39. The van der Waals surface area contributed by atoms with Crippen LogP contribution in [-0.4, -0.2) is 78.6 Å². The number of likely N-dealkylation sites (tertiary alicyclic amines) is 1. The third kappa shape index (κ3) is 5.32. The minimum atomic E-state index is -0.212. The highest BCUT2D eigenvalue weighted by Crippen LogP contribution is 2.26. The van der Waals surface area contributed by atoms with Crippen molar-refractivity contribution in [3.05, 3.63) is 0 Å². The highest BCUT2D eigenvalue weighted by molar-refractivity contribution is 8.01. The van der Waals surface area contributed by atoms with Gasteiger partial charge in [-0.25, -0.2) is 4.79 Å². The zero-order valence-electron chi connectivity index (χ0n) is 14.2. The number of rotatable bonds is 6. The molecule has 1 fully saturated rings. The summed E-state index contributed by atoms with van der Waals surface area (Å²) in [5.41, 5.74) is 0. The van der Waals surface area contributed by atoms with Gasteiger partial charge in [-0.3, -0.25) is 4.79 Å². The summed E-state index contributed by atoms with van der Waals surface area (Å²) in [6.45, 7) is 1.78. The Morgan fingerprint density at radius 2 is 2.25 bits per heavy atom. The molecule has 0 saturated carbocycles. The standard InChI is InChI=1S/C14H23N5O3S2/c1-18(2)14(21)19-6-4-5-10(9-19)11(20)15-12-16-17-13(24-12)23-8-7-22-3/h10H,4-9H2,1-3H3,(H,15,16,20)/t10-/m0/s1. The Morgan fingerprint density at radius 1 is 1.46 bits per heavy atom. The van der Waals surface area contributed by atoms with E-state index < -0.39 is 0 Å². The molecule has 2 rings (SSSR count). The maximum atomic E-state index is 12.4. The molecule has 0 radical (unpaired) electrons. The van der Waals surface area contributed by atoms with Crippen LogP contribution in [0.5, 0.6) is 0 Å². The van der Waals surface area contributed by atoms with Crippen LogP contribution in [0.15, 0.2) is 4.34 Å². The van der Waals surface area contributed by atoms with E-state index in [1.807, 2.05) is 0 Å². The van der Waals surface area contributed by atoms with Gasteiger partial charge in [-0.15, -0.1) is 10.2 Å². The van der Waals surface area contributed by atoms with E-state index in [0.717, 1.165) is 22.9 Å². The van der Waals surface area contributed by atoms with Crippen LogP contribution in [-0.2, 0) is 9.53 Å². The lowest BCUT2D eigenvalue weighted by molar-refractivity contribution is -0.121. The molecule has 2 heterocycles. The van der Waals surface area contributed by atoms with Gasteiger partial charge in [-0.05, 0) is 12.8 Å². The van der Waals surface area contributed by atoms with Crippen molar-refractivity contribution in [2.75, 3.05) is 52.0 Å². The van der Waals surface area contributed by atoms with E-state index in [4.69, 9.17) is 4.74 Å². The molecular formula is C14H23N5O3S2. The Labute approximate surface area is 149 Å². The van der Waals surface area contributed by atoms with Crippen molar-refractivity contribution < 1.29 is 14.3 Å². The minimum Gasteiger partial charge on any atom is -0.384 e. The largest absolute Gasteiger partial charge is 0.384 e. The first-order valence-electron chi connectivity index (χ1n) is 7.73. The van der Waals surface area contributed by atoms with Crippen molar-refractivity contribution >= 4 is 40.2 Å². The lowest BCUT2D eigenvalue weighted by atomic mass is 9.97. The fraction of sp³-hybridized carbons (Fsp3) is 0.714. The molecule has 1 atom stereocenters. The van der Waals surface area contributed by atoms with Crippen LogP contribution in [0.1, 0.15) is 12.8 Å². The normalized spacial score (nSPS) is 17.6. The predicted molar refractivity (Wildman–Crippen MR) is 94.5 cm³/mol. The highest BCUT2D eigenvalue weighted by atomic mass is 32.2. The van der Waals surface area contributed by atoms with Crippen molar-refractivity contribution in [2.45, 2.75) is 17.2 Å². The Morgan fingerprint density at radius 3 is 2.96 bits per heavy atom. The topological polar surface area (TPSA) is 87.7 Å². The second-order valence-corrected chi connectivity index (χ2v) is 7.99. The number of nitrogens with zero attached hydrogens (tertiary/aromatic N) is 4. The number of aromatic nitrogens is 2. The molecule has 3 amide bonds. The summed E-state index contributed by atoms with van der Waals surface area (Å²) < 4.78 is 5.79. The van der Waals surface area contributed by atoms with Gasteiger partial charge in [0, 0.05) is 40.0 Å². The van der Waals surface area contributed by atoms with Gasteiger partial charge in [-0.1, -0.05) is 23.1 Å². The first-order chi connectivity index (χ1) is 11.5. The van der Waals surface area contributed by atoms with Gasteiger partial charge < -0.3 is 19.9 Å². The number of methoxy groups -OCH3 is 1. The number of piperidine rings is 1. The van der Waals surface area contributed by atoms with Crippen LogP contribution in [0.25, 0.3) is 0 Å². The molecule has 0 spiro atoms. The second kappa shape index (κ2) is 9.19. The maximum Gasteiger partial charge on any atom is 0.319 e. The maximum absolute atomic E-state index is 12.4. The van der Waals surface area contributed by atoms with E-state index in [1.54, 1.807) is 37.9 Å². The van der Waals surface area contributed by atoms with E-state index in [1.165, 1.54) is 16.2 Å². The molecule has 10 heteroatoms. The molecule has 8 nitrogen and oxygen atoms in total. The van der Waals surface area contributed by atoms with Crippen LogP contribution in [0, 0.1) is 5.92 Å². The summed E-state index contributed by atoms with van der Waals surface area (Å²) in [6, 6.07) is -0.0553. The fourth-order valence-electron chi connectivity index (χ4n) is 2.39. The lowest BCUT2D eigenvalue weighted by Crippen LogP contribution is -2.47. The van der Waals surface area contributed by atoms with Crippen molar-refractivity contribution in [3.63, 3.8) is 0 Å². The smallest absolute Gasteiger partial charge is 0.319 e. The zero-order chi connectivity index (χ0) is 17.5. The third-order valence-corrected chi connectivity index (χ3v) is 5.53. The van der Waals surface area contributed by atoms with Crippen LogP contribution in [0.3, 0.4) is 0 Å². The van der Waals surface area contributed by atoms with E-state index >= 15 is 0 Å². The minimum absolute atomic E-state index is 0.0553. The molecule has 1 aliphatic heterocycles. The van der Waals surface area contributed by atoms with Crippen LogP contribution < -0.4 is 5.32 Å². The number of thioether (sulfide) groups is 1. The summed E-state index contributed by atoms with van der Waals surface area (Å²) in [5.74, 6) is 0.482. The molecule has 24 heavy (non-hydrogen) atoms. The second-order valence-electron chi connectivity index (χ2n) is 5.67. The molecule has 1 aromatic heterocycles. The van der Waals surface area contributed by atoms with E-state index in [-0.39, 0.29) is 17.9 Å². The SMILES string of the molecule is COCCSc1nnc(NC(=O)[C@H]2CCCN(C(=O)N(C)C)C2)s1. The van der Waals surface area contributed by atoms with Gasteiger partial charge in [0.15, 0.2) is 4.34 Å². The van der Waals surface area contributed by atoms with Gasteiger partial charge in [0.2, 0.25) is 11.0 Å². The fourth-order valence-corrected chi connectivity index (χ4v) is 4.11. The van der Waals surface area contributed by atoms with Gasteiger partial charge >= 0.3 is 6.03 Å². The number of urea groups is 1. The average Bonchev–Trinajstić information content (AvgIpc) is 3.01. The molecule has 1 aromatic rings. The number of carbonyl (C=O) groups is 2. The van der Waals surface area contributed by atoms with Gasteiger partial charge in [0.05, 0.1) is 12.5 Å². The number of anilines is 1. The Kier molecular flexibility index (Phi) is 7.25. The Balaban J connectivity index is 1.86. The zero-order valence-corrected chi connectivity index (χ0v) is 15.8. The third-order valence-electron chi connectivity index (χ3n) is 3.59. The molecule has 134 valence electrons. The van der Waals surface area contributed by atoms with Gasteiger partial charge in [0.25, 0.3) is 0 Å². The van der Waals surface area contributed by atoms with E-state index in [0.29, 0.717) is 24.8 Å². The molecule has 0 aromatic carbocycles. The lowest BCUT2D eigenvalue weighted by Gasteiger charge is -2.33. The number of carbonyl (C=O) groups excluding carboxylic acids is 2. The van der Waals surface area contributed by atoms with Crippen molar-refractivity contribution in [3.8, 4) is 0 Å². The van der Waals surface area contributed by atoms with E-state index in [2.05, 4.69) is 15.5 Å². The van der Waals surface area contributed by atoms with Crippen molar-refractivity contribution in [1.29, 1.82) is 0 Å². The molecule has 1 aliphatic rings. The summed E-state index contributed by atoms with van der Waals surface area (Å²) in [6.07, 6.45) is 1.60. The monoisotopic (exact) mass is 373 g/mol. The van der Waals surface area contributed by atoms with Crippen molar-refractivity contribution in [2.24, 2.45) is 5.92 Å². The van der Waals surface area contributed by atoms with E-state index in [9.17, 15) is 9.59 Å². The Bertz CT molecular complexity index is 566. The highest BCUT2D eigenvalue weighted by Gasteiger charge is 2.29.